The van der Waals surface area contributed by atoms with E-state index in [1.54, 1.807) is 6.20 Å². The van der Waals surface area contributed by atoms with Gasteiger partial charge in [0.1, 0.15) is 11.6 Å². The van der Waals surface area contributed by atoms with Crippen LogP contribution in [0.1, 0.15) is 30.9 Å². The number of nitrogens with zero attached hydrogens (tertiary/aromatic N) is 1. The minimum absolute atomic E-state index is 0. The van der Waals surface area contributed by atoms with E-state index in [1.807, 2.05) is 20.8 Å². The number of carbonyl (C=O) groups is 1. The molecule has 2 amide bonds. The minimum Gasteiger partial charge on any atom is -0.351 e. The van der Waals surface area contributed by atoms with Crippen LogP contribution in [0, 0.1) is 0 Å². The highest BCUT2D eigenvalue weighted by Crippen LogP contribution is 2.19. The average Bonchev–Trinajstić information content (AvgIpc) is 2.32. The van der Waals surface area contributed by atoms with Gasteiger partial charge < -0.3 is 10.7 Å². The first kappa shape index (κ1) is 9.57. The lowest BCUT2D eigenvalue weighted by Crippen LogP contribution is -2.20. The van der Waals surface area contributed by atoms with Crippen molar-refractivity contribution in [1.29, 1.82) is 0 Å². The van der Waals surface area contributed by atoms with E-state index in [0.717, 1.165) is 5.82 Å². The van der Waals surface area contributed by atoms with Gasteiger partial charge in [0.25, 0.3) is 0 Å². The minimum atomic E-state index is -0.593. The Labute approximate surface area is 81.2 Å². The average molecular weight is 188 g/mol. The van der Waals surface area contributed by atoms with E-state index < -0.39 is 6.03 Å². The summed E-state index contributed by atoms with van der Waals surface area (Å²) in [5, 5.41) is 2.42. The van der Waals surface area contributed by atoms with Crippen LogP contribution >= 0.6 is 0 Å². The molecule has 1 rings (SSSR count). The predicted molar refractivity (Wildman–Crippen MR) is 56.8 cm³/mol. The smallest absolute Gasteiger partial charge is 0.317 e. The molecule has 78 valence electrons. The number of urea groups is 1. The summed E-state index contributed by atoms with van der Waals surface area (Å²) in [6.07, 6.45) is 1.55. The van der Waals surface area contributed by atoms with Crippen LogP contribution in [0.15, 0.2) is 6.20 Å². The Balaban J connectivity index is -0.000000563. The van der Waals surface area contributed by atoms with E-state index >= 15 is 0 Å². The Morgan fingerprint density at radius 3 is 2.69 bits per heavy atom. The normalized spacial score (nSPS) is 11.3. The van der Waals surface area contributed by atoms with Crippen molar-refractivity contribution in [3.05, 3.63) is 12.0 Å². The molecule has 0 aliphatic heterocycles. The number of hydrogen-bond acceptors (Lipinski definition) is 2. The second-order valence-corrected chi connectivity index (χ2v) is 3.88. The van der Waals surface area contributed by atoms with Crippen LogP contribution in [-0.4, -0.2) is 16.0 Å². The van der Waals surface area contributed by atoms with Crippen molar-refractivity contribution in [2.75, 3.05) is 5.32 Å². The number of aromatic amines is 1. The SMILES string of the molecule is CC(C)(C)c1ncc(NC(N)=O)[nH]1.[HH].[HH].[HH]. The zero-order chi connectivity index (χ0) is 10.1. The molecule has 4 N–H and O–H groups in total. The molecular weight excluding hydrogens is 168 g/mol. The fourth-order valence-electron chi connectivity index (χ4n) is 0.899. The maximum absolute atomic E-state index is 10.5. The molecule has 0 aliphatic carbocycles. The molecule has 0 aromatic carbocycles. The molecule has 1 heterocycles. The Morgan fingerprint density at radius 2 is 2.31 bits per heavy atom. The molecule has 0 bridgehead atoms. The fraction of sp³-hybridized carbons (Fsp3) is 0.500. The standard InChI is InChI=1S/C8H14N4O.3H2/c1-8(2,3)6-10-4-5(11-6)12-7(9)13;;;/h4H,1-3H3,(H,10,11)(H3,9,12,13);3*1H. The summed E-state index contributed by atoms with van der Waals surface area (Å²) < 4.78 is 0. The molecule has 0 radical (unpaired) electrons. The summed E-state index contributed by atoms with van der Waals surface area (Å²) in [6, 6.07) is -0.593. The summed E-state index contributed by atoms with van der Waals surface area (Å²) >= 11 is 0. The maximum atomic E-state index is 10.5. The molecule has 0 fully saturated rings. The zero-order valence-corrected chi connectivity index (χ0v) is 8.01. The van der Waals surface area contributed by atoms with E-state index in [4.69, 9.17) is 5.73 Å². The second-order valence-electron chi connectivity index (χ2n) is 3.88. The fourth-order valence-corrected chi connectivity index (χ4v) is 0.899. The molecule has 0 saturated carbocycles. The Bertz CT molecular complexity index is 321. The van der Waals surface area contributed by atoms with Gasteiger partial charge in [-0.1, -0.05) is 20.8 Å². The summed E-state index contributed by atoms with van der Waals surface area (Å²) in [5.41, 5.74) is 4.89. The van der Waals surface area contributed by atoms with Gasteiger partial charge in [0.2, 0.25) is 0 Å². The van der Waals surface area contributed by atoms with Gasteiger partial charge in [0.05, 0.1) is 6.20 Å². The molecule has 5 heteroatoms. The molecular formula is C8H20N4O. The first-order valence-electron chi connectivity index (χ1n) is 4.01. The van der Waals surface area contributed by atoms with Crippen LogP contribution in [0.25, 0.3) is 0 Å². The van der Waals surface area contributed by atoms with Gasteiger partial charge in [0.15, 0.2) is 0 Å². The Hall–Kier alpha value is -1.52. The molecule has 1 aromatic heterocycles. The second kappa shape index (κ2) is 3.08. The molecule has 0 saturated heterocycles. The molecule has 1 aromatic rings. The van der Waals surface area contributed by atoms with Gasteiger partial charge in [-0.25, -0.2) is 9.78 Å². The molecule has 0 atom stereocenters. The van der Waals surface area contributed by atoms with Crippen molar-refractivity contribution in [3.63, 3.8) is 0 Å². The zero-order valence-electron chi connectivity index (χ0n) is 8.01. The lowest BCUT2D eigenvalue weighted by atomic mass is 9.96. The lowest BCUT2D eigenvalue weighted by molar-refractivity contribution is 0.259. The number of anilines is 1. The number of aromatic nitrogens is 2. The number of nitrogens with two attached hydrogens (primary N) is 1. The summed E-state index contributed by atoms with van der Waals surface area (Å²) in [4.78, 5) is 17.6. The highest BCUT2D eigenvalue weighted by atomic mass is 16.2. The van der Waals surface area contributed by atoms with Crippen LogP contribution in [0.4, 0.5) is 10.6 Å². The van der Waals surface area contributed by atoms with Crippen molar-refractivity contribution in [3.8, 4) is 0 Å². The van der Waals surface area contributed by atoms with E-state index in [2.05, 4.69) is 15.3 Å². The van der Waals surface area contributed by atoms with Gasteiger partial charge >= 0.3 is 6.03 Å². The van der Waals surface area contributed by atoms with Crippen molar-refractivity contribution < 1.29 is 9.07 Å². The van der Waals surface area contributed by atoms with Crippen molar-refractivity contribution in [2.24, 2.45) is 5.73 Å². The monoisotopic (exact) mass is 188 g/mol. The summed E-state index contributed by atoms with van der Waals surface area (Å²) in [6.45, 7) is 6.08. The van der Waals surface area contributed by atoms with Gasteiger partial charge in [-0.15, -0.1) is 0 Å². The number of amides is 2. The van der Waals surface area contributed by atoms with Crippen LogP contribution in [0.5, 0.6) is 0 Å². The quantitative estimate of drug-likeness (QED) is 0.629. The first-order chi connectivity index (χ1) is 5.89. The van der Waals surface area contributed by atoms with E-state index in [0.29, 0.717) is 5.82 Å². The number of rotatable bonds is 1. The number of nitrogens with one attached hydrogen (secondary N) is 2. The van der Waals surface area contributed by atoms with Gasteiger partial charge in [-0.05, 0) is 0 Å². The number of imidazole rings is 1. The highest BCUT2D eigenvalue weighted by Gasteiger charge is 2.17. The maximum Gasteiger partial charge on any atom is 0.317 e. The van der Waals surface area contributed by atoms with Crippen LogP contribution < -0.4 is 11.1 Å². The topological polar surface area (TPSA) is 83.8 Å². The molecule has 5 nitrogen and oxygen atoms in total. The first-order valence-corrected chi connectivity index (χ1v) is 4.01. The molecule has 0 aliphatic rings. The summed E-state index contributed by atoms with van der Waals surface area (Å²) in [5.74, 6) is 1.34. The van der Waals surface area contributed by atoms with E-state index in [-0.39, 0.29) is 9.69 Å². The number of primary amides is 1. The summed E-state index contributed by atoms with van der Waals surface area (Å²) in [7, 11) is 0. The van der Waals surface area contributed by atoms with Crippen LogP contribution in [0.3, 0.4) is 0 Å². The largest absolute Gasteiger partial charge is 0.351 e. The van der Waals surface area contributed by atoms with Crippen LogP contribution in [0.2, 0.25) is 0 Å². The van der Waals surface area contributed by atoms with Crippen molar-refractivity contribution in [1.82, 2.24) is 9.97 Å². The predicted octanol–water partition coefficient (Wildman–Crippen LogP) is 1.94. The van der Waals surface area contributed by atoms with Gasteiger partial charge in [0, 0.05) is 9.69 Å². The third-order valence-corrected chi connectivity index (χ3v) is 1.54. The van der Waals surface area contributed by atoms with Crippen LogP contribution in [-0.2, 0) is 5.41 Å². The number of hydrogen-bond donors (Lipinski definition) is 3. The van der Waals surface area contributed by atoms with Gasteiger partial charge in [-0.3, -0.25) is 5.32 Å². The van der Waals surface area contributed by atoms with E-state index in [9.17, 15) is 4.79 Å². The molecule has 13 heavy (non-hydrogen) atoms. The van der Waals surface area contributed by atoms with Gasteiger partial charge in [-0.2, -0.15) is 0 Å². The third-order valence-electron chi connectivity index (χ3n) is 1.54. The Morgan fingerprint density at radius 1 is 1.69 bits per heavy atom. The molecule has 0 spiro atoms. The lowest BCUT2D eigenvalue weighted by Gasteiger charge is -2.13. The Kier molecular flexibility index (Phi) is 2.27. The molecule has 0 unspecified atom stereocenters. The third kappa shape index (κ3) is 2.47. The van der Waals surface area contributed by atoms with Crippen molar-refractivity contribution >= 4 is 11.8 Å². The highest BCUT2D eigenvalue weighted by molar-refractivity contribution is 5.86. The van der Waals surface area contributed by atoms with Crippen molar-refractivity contribution in [2.45, 2.75) is 26.2 Å². The van der Waals surface area contributed by atoms with E-state index in [1.165, 1.54) is 0 Å². The number of carbonyl (C=O) groups excluding carboxylic acids is 1. The number of H-pyrrole nitrogens is 1.